The lowest BCUT2D eigenvalue weighted by atomic mass is 10.1. The second-order valence-electron chi connectivity index (χ2n) is 5.31. The number of carbonyl (C=O) groups excluding carboxylic acids is 1. The van der Waals surface area contributed by atoms with E-state index in [0.29, 0.717) is 17.1 Å². The lowest BCUT2D eigenvalue weighted by molar-refractivity contribution is -0.145. The normalized spacial score (nSPS) is 28.4. The van der Waals surface area contributed by atoms with Gasteiger partial charge in [-0.15, -0.1) is 23.1 Å². The van der Waals surface area contributed by atoms with Gasteiger partial charge in [0.1, 0.15) is 10.9 Å². The molecule has 2 aliphatic rings. The van der Waals surface area contributed by atoms with E-state index in [9.17, 15) is 4.79 Å². The Balaban J connectivity index is 1.81. The van der Waals surface area contributed by atoms with E-state index in [0.717, 1.165) is 18.5 Å². The van der Waals surface area contributed by atoms with Crippen LogP contribution in [-0.2, 0) is 16.0 Å². The third kappa shape index (κ3) is 3.13. The van der Waals surface area contributed by atoms with Crippen LogP contribution in [0.1, 0.15) is 53.4 Å². The molecule has 1 aliphatic carbocycles. The van der Waals surface area contributed by atoms with Gasteiger partial charge in [0.25, 0.3) is 0 Å². The molecule has 116 valence electrons. The van der Waals surface area contributed by atoms with E-state index in [-0.39, 0.29) is 11.9 Å². The van der Waals surface area contributed by atoms with Gasteiger partial charge in [-0.3, -0.25) is 4.79 Å². The molecule has 0 radical (unpaired) electrons. The average Bonchev–Trinajstić information content (AvgIpc) is 3.07. The van der Waals surface area contributed by atoms with Crippen molar-refractivity contribution in [2.24, 2.45) is 0 Å². The van der Waals surface area contributed by atoms with Crippen LogP contribution in [0.4, 0.5) is 0 Å². The molecule has 3 unspecified atom stereocenters. The molecule has 0 aromatic carbocycles. The number of hydrogen-bond donors (Lipinski definition) is 0. The Bertz CT molecular complexity index is 517. The first-order valence-electron chi connectivity index (χ1n) is 7.63. The van der Waals surface area contributed by atoms with Crippen LogP contribution in [0.3, 0.4) is 0 Å². The van der Waals surface area contributed by atoms with Crippen molar-refractivity contribution in [1.82, 2.24) is 4.98 Å². The van der Waals surface area contributed by atoms with Crippen molar-refractivity contribution < 1.29 is 9.53 Å². The highest BCUT2D eigenvalue weighted by molar-refractivity contribution is 8.06. The van der Waals surface area contributed by atoms with Gasteiger partial charge in [0.15, 0.2) is 0 Å². The molecule has 1 aromatic heterocycles. The third-order valence-electron chi connectivity index (χ3n) is 4.00. The van der Waals surface area contributed by atoms with E-state index in [4.69, 9.17) is 9.72 Å². The van der Waals surface area contributed by atoms with Crippen LogP contribution in [0.2, 0.25) is 0 Å². The molecule has 3 atom stereocenters. The molecule has 1 aromatic rings. The Labute approximate surface area is 138 Å². The molecule has 0 bridgehead atoms. The van der Waals surface area contributed by atoms with Crippen molar-refractivity contribution in [1.29, 1.82) is 0 Å². The van der Waals surface area contributed by atoms with E-state index < -0.39 is 0 Å². The summed E-state index contributed by atoms with van der Waals surface area (Å²) in [7, 11) is 0. The number of carbonyl (C=O) groups is 1. The van der Waals surface area contributed by atoms with Crippen LogP contribution < -0.4 is 0 Å². The van der Waals surface area contributed by atoms with Gasteiger partial charge in [-0.2, -0.15) is 11.8 Å². The second-order valence-corrected chi connectivity index (χ2v) is 9.02. The largest absolute Gasteiger partial charge is 0.465 e. The molecule has 3 nitrogen and oxygen atoms in total. The first-order chi connectivity index (χ1) is 10.2. The average molecular weight is 344 g/mol. The van der Waals surface area contributed by atoms with Crippen molar-refractivity contribution in [2.45, 2.75) is 49.5 Å². The number of fused-ring (bicyclic) bond motifs is 1. The molecule has 0 saturated carbocycles. The maximum absolute atomic E-state index is 12.0. The topological polar surface area (TPSA) is 39.2 Å². The fourth-order valence-electron chi connectivity index (χ4n) is 2.97. The fraction of sp³-hybridized carbons (Fsp3) is 0.733. The monoisotopic (exact) mass is 343 g/mol. The minimum Gasteiger partial charge on any atom is -0.465 e. The first-order valence-corrected chi connectivity index (χ1v) is 10.5. The molecule has 6 heteroatoms. The molecular formula is C15H21NO2S3. The third-order valence-corrected chi connectivity index (χ3v) is 8.62. The van der Waals surface area contributed by atoms with Crippen molar-refractivity contribution in [2.75, 3.05) is 18.1 Å². The van der Waals surface area contributed by atoms with Crippen molar-refractivity contribution in [3.05, 3.63) is 15.6 Å². The molecule has 2 heterocycles. The summed E-state index contributed by atoms with van der Waals surface area (Å²) in [5, 5.41) is 2.40. The predicted octanol–water partition coefficient (Wildman–Crippen LogP) is 4.04. The number of thioether (sulfide) groups is 2. The van der Waals surface area contributed by atoms with E-state index in [1.165, 1.54) is 27.8 Å². The highest BCUT2D eigenvalue weighted by atomic mass is 32.2. The Hall–Kier alpha value is -0.200. The summed E-state index contributed by atoms with van der Waals surface area (Å²) in [5.74, 6) is 2.24. The van der Waals surface area contributed by atoms with Crippen molar-refractivity contribution in [3.63, 3.8) is 0 Å². The first kappa shape index (κ1) is 15.7. The van der Waals surface area contributed by atoms with Gasteiger partial charge in [0.2, 0.25) is 0 Å². The fourth-order valence-corrected chi connectivity index (χ4v) is 7.53. The van der Waals surface area contributed by atoms with Crippen molar-refractivity contribution in [3.8, 4) is 0 Å². The number of rotatable bonds is 4. The zero-order valence-electron chi connectivity index (χ0n) is 12.5. The molecule has 1 fully saturated rings. The zero-order valence-corrected chi connectivity index (χ0v) is 14.9. The van der Waals surface area contributed by atoms with Gasteiger partial charge in [-0.1, -0.05) is 6.92 Å². The number of thiazole rings is 1. The summed E-state index contributed by atoms with van der Waals surface area (Å²) in [6.45, 7) is 4.58. The Morgan fingerprint density at radius 3 is 2.90 bits per heavy atom. The molecular weight excluding hydrogens is 322 g/mol. The zero-order chi connectivity index (χ0) is 14.8. The number of aryl methyl sites for hydroxylation is 1. The van der Waals surface area contributed by atoms with Gasteiger partial charge in [0.05, 0.1) is 17.6 Å². The number of esters is 1. The Morgan fingerprint density at radius 2 is 2.14 bits per heavy atom. The molecule has 21 heavy (non-hydrogen) atoms. The summed E-state index contributed by atoms with van der Waals surface area (Å²) < 4.78 is 5.20. The lowest BCUT2D eigenvalue weighted by Gasteiger charge is -2.28. The summed E-state index contributed by atoms with van der Waals surface area (Å²) >= 11 is 5.95. The second kappa shape index (κ2) is 6.92. The minimum atomic E-state index is -0.119. The maximum Gasteiger partial charge on any atom is 0.315 e. The smallest absolute Gasteiger partial charge is 0.315 e. The minimum absolute atomic E-state index is 0.0918. The summed E-state index contributed by atoms with van der Waals surface area (Å²) in [5.41, 5.74) is 1.01. The molecule has 0 amide bonds. The van der Waals surface area contributed by atoms with Crippen LogP contribution >= 0.6 is 34.9 Å². The van der Waals surface area contributed by atoms with E-state index >= 15 is 0 Å². The van der Waals surface area contributed by atoms with Gasteiger partial charge in [0, 0.05) is 21.6 Å². The highest BCUT2D eigenvalue weighted by Gasteiger charge is 2.36. The molecule has 0 N–H and O–H groups in total. The van der Waals surface area contributed by atoms with Gasteiger partial charge in [-0.05, 0) is 26.2 Å². The summed E-state index contributed by atoms with van der Waals surface area (Å²) in [6, 6.07) is 0. The van der Waals surface area contributed by atoms with E-state index in [1.54, 1.807) is 0 Å². The van der Waals surface area contributed by atoms with Gasteiger partial charge in [-0.25, -0.2) is 4.98 Å². The highest BCUT2D eigenvalue weighted by Crippen LogP contribution is 2.48. The van der Waals surface area contributed by atoms with Crippen molar-refractivity contribution >= 4 is 40.8 Å². The number of aromatic nitrogens is 1. The number of ether oxygens (including phenoxy) is 1. The van der Waals surface area contributed by atoms with Gasteiger partial charge >= 0.3 is 5.97 Å². The maximum atomic E-state index is 12.0. The number of hydrogen-bond acceptors (Lipinski definition) is 6. The van der Waals surface area contributed by atoms with E-state index in [1.807, 2.05) is 30.0 Å². The molecule has 0 spiro atoms. The van der Waals surface area contributed by atoms with Crippen LogP contribution in [0.15, 0.2) is 0 Å². The van der Waals surface area contributed by atoms with Crippen LogP contribution in [0.5, 0.6) is 0 Å². The molecule has 1 saturated heterocycles. The summed E-state index contributed by atoms with van der Waals surface area (Å²) in [6.07, 6.45) is 3.04. The van der Waals surface area contributed by atoms with Crippen LogP contribution in [-0.4, -0.2) is 34.3 Å². The van der Waals surface area contributed by atoms with Crippen LogP contribution in [0, 0.1) is 0 Å². The summed E-state index contributed by atoms with van der Waals surface area (Å²) in [4.78, 5) is 18.2. The Morgan fingerprint density at radius 1 is 1.33 bits per heavy atom. The van der Waals surface area contributed by atoms with Crippen LogP contribution in [0.25, 0.3) is 0 Å². The predicted molar refractivity (Wildman–Crippen MR) is 91.5 cm³/mol. The quantitative estimate of drug-likeness (QED) is 0.772. The Kier molecular flexibility index (Phi) is 5.17. The van der Waals surface area contributed by atoms with Gasteiger partial charge < -0.3 is 4.74 Å². The van der Waals surface area contributed by atoms with E-state index in [2.05, 4.69) is 18.7 Å². The molecule has 3 rings (SSSR count). The SMILES string of the molecule is CCOC(=O)C1CCc2sc(C3SCCSC3CC)nc21. The number of nitrogens with zero attached hydrogens (tertiary/aromatic N) is 1. The molecule has 1 aliphatic heterocycles. The lowest BCUT2D eigenvalue weighted by Crippen LogP contribution is -2.19. The standard InChI is InChI=1S/C15H21NO2S3/c1-3-10-13(20-8-7-19-10)14-16-12-9(15(17)18-4-2)5-6-11(12)21-14/h9-10,13H,3-8H2,1-2H3.